The Labute approximate surface area is 129 Å². The minimum atomic E-state index is -0.445. The Morgan fingerprint density at radius 1 is 1.27 bits per heavy atom. The molecule has 1 spiro atoms. The number of nitrogens with zero attached hydrogens (tertiary/aromatic N) is 2. The van der Waals surface area contributed by atoms with Gasteiger partial charge >= 0.3 is 0 Å². The zero-order chi connectivity index (χ0) is 15.7. The molecule has 0 atom stereocenters. The number of likely N-dealkylation sites (tertiary alicyclic amines) is 1. The van der Waals surface area contributed by atoms with Crippen LogP contribution in [0.1, 0.15) is 35.2 Å². The van der Waals surface area contributed by atoms with Crippen LogP contribution in [0, 0.1) is 22.5 Å². The van der Waals surface area contributed by atoms with Gasteiger partial charge in [0.1, 0.15) is 0 Å². The third kappa shape index (κ3) is 2.83. The van der Waals surface area contributed by atoms with Crippen molar-refractivity contribution in [3.05, 3.63) is 39.4 Å². The number of nitro groups is 1. The standard InChI is InChI=1S/C16H21N3O3/c1-12-8-13(10-14(9-12)19(21)22)15(20)18-6-3-16(4-7-18)2-5-17-11-16/h8-10,17H,2-7,11H2,1H3. The number of hydrogen-bond donors (Lipinski definition) is 1. The first-order chi connectivity index (χ1) is 10.5. The Morgan fingerprint density at radius 2 is 2.00 bits per heavy atom. The lowest BCUT2D eigenvalue weighted by molar-refractivity contribution is -0.384. The minimum absolute atomic E-state index is 0.0168. The van der Waals surface area contributed by atoms with Gasteiger partial charge in [0, 0.05) is 37.3 Å². The van der Waals surface area contributed by atoms with Crippen molar-refractivity contribution in [2.75, 3.05) is 26.2 Å². The zero-order valence-electron chi connectivity index (χ0n) is 12.8. The van der Waals surface area contributed by atoms with Gasteiger partial charge in [0.05, 0.1) is 4.92 Å². The summed E-state index contributed by atoms with van der Waals surface area (Å²) in [6.45, 7) is 5.37. The fourth-order valence-corrected chi connectivity index (χ4v) is 3.58. The average molecular weight is 303 g/mol. The SMILES string of the molecule is Cc1cc(C(=O)N2CCC3(CCNC3)CC2)cc([N+](=O)[O-])c1. The van der Waals surface area contributed by atoms with Gasteiger partial charge in [0.2, 0.25) is 0 Å². The van der Waals surface area contributed by atoms with Crippen LogP contribution in [0.4, 0.5) is 5.69 Å². The fourth-order valence-electron chi connectivity index (χ4n) is 3.58. The molecule has 0 aromatic heterocycles. The summed E-state index contributed by atoms with van der Waals surface area (Å²) in [6.07, 6.45) is 3.21. The quantitative estimate of drug-likeness (QED) is 0.671. The molecule has 0 unspecified atom stereocenters. The van der Waals surface area contributed by atoms with Crippen LogP contribution in [-0.4, -0.2) is 41.9 Å². The summed E-state index contributed by atoms with van der Waals surface area (Å²) in [7, 11) is 0. The van der Waals surface area contributed by atoms with E-state index in [9.17, 15) is 14.9 Å². The van der Waals surface area contributed by atoms with Gasteiger partial charge in [-0.15, -0.1) is 0 Å². The molecule has 0 radical (unpaired) electrons. The van der Waals surface area contributed by atoms with Crippen LogP contribution < -0.4 is 5.32 Å². The Bertz CT molecular complexity index is 599. The van der Waals surface area contributed by atoms with E-state index in [1.807, 2.05) is 4.90 Å². The van der Waals surface area contributed by atoms with E-state index in [4.69, 9.17) is 0 Å². The van der Waals surface area contributed by atoms with Crippen molar-refractivity contribution in [2.24, 2.45) is 5.41 Å². The first kappa shape index (κ1) is 15.0. The molecule has 2 fully saturated rings. The first-order valence-electron chi connectivity index (χ1n) is 7.75. The molecule has 2 aliphatic rings. The number of carbonyl (C=O) groups is 1. The maximum absolute atomic E-state index is 12.6. The Kier molecular flexibility index (Phi) is 3.87. The maximum atomic E-state index is 12.6. The van der Waals surface area contributed by atoms with Crippen LogP contribution in [0.15, 0.2) is 18.2 Å². The summed E-state index contributed by atoms with van der Waals surface area (Å²) in [5.41, 5.74) is 1.50. The lowest BCUT2D eigenvalue weighted by Gasteiger charge is -2.38. The summed E-state index contributed by atoms with van der Waals surface area (Å²) >= 11 is 0. The van der Waals surface area contributed by atoms with Crippen molar-refractivity contribution < 1.29 is 9.72 Å². The third-order valence-electron chi connectivity index (χ3n) is 4.96. The summed E-state index contributed by atoms with van der Waals surface area (Å²) < 4.78 is 0. The van der Waals surface area contributed by atoms with Gasteiger partial charge in [-0.25, -0.2) is 0 Å². The molecule has 1 N–H and O–H groups in total. The molecule has 2 heterocycles. The summed E-state index contributed by atoms with van der Waals surface area (Å²) in [4.78, 5) is 25.0. The second-order valence-electron chi connectivity index (χ2n) is 6.53. The van der Waals surface area contributed by atoms with Gasteiger partial charge in [0.25, 0.3) is 11.6 Å². The average Bonchev–Trinajstić information content (AvgIpc) is 2.95. The molecule has 2 aliphatic heterocycles. The number of nitrogens with one attached hydrogen (secondary N) is 1. The zero-order valence-corrected chi connectivity index (χ0v) is 12.8. The number of benzene rings is 1. The van der Waals surface area contributed by atoms with Gasteiger partial charge in [-0.2, -0.15) is 0 Å². The van der Waals surface area contributed by atoms with Crippen molar-refractivity contribution in [1.82, 2.24) is 10.2 Å². The second kappa shape index (κ2) is 5.68. The smallest absolute Gasteiger partial charge is 0.270 e. The highest BCUT2D eigenvalue weighted by Crippen LogP contribution is 2.37. The Balaban J connectivity index is 1.73. The lowest BCUT2D eigenvalue weighted by atomic mass is 9.78. The number of piperidine rings is 1. The molecule has 22 heavy (non-hydrogen) atoms. The van der Waals surface area contributed by atoms with Crippen LogP contribution in [0.25, 0.3) is 0 Å². The second-order valence-corrected chi connectivity index (χ2v) is 6.53. The summed E-state index contributed by atoms with van der Waals surface area (Å²) in [5, 5.41) is 14.4. The first-order valence-corrected chi connectivity index (χ1v) is 7.75. The highest BCUT2D eigenvalue weighted by atomic mass is 16.6. The van der Waals surface area contributed by atoms with E-state index in [0.29, 0.717) is 11.0 Å². The van der Waals surface area contributed by atoms with E-state index in [-0.39, 0.29) is 11.6 Å². The number of carbonyl (C=O) groups excluding carboxylic acids is 1. The highest BCUT2D eigenvalue weighted by Gasteiger charge is 2.38. The topological polar surface area (TPSA) is 75.5 Å². The molecule has 0 aliphatic carbocycles. The van der Waals surface area contributed by atoms with E-state index in [2.05, 4.69) is 5.32 Å². The van der Waals surface area contributed by atoms with Gasteiger partial charge in [-0.3, -0.25) is 14.9 Å². The van der Waals surface area contributed by atoms with Crippen LogP contribution in [-0.2, 0) is 0 Å². The Hall–Kier alpha value is -1.95. The number of rotatable bonds is 2. The van der Waals surface area contributed by atoms with Crippen LogP contribution >= 0.6 is 0 Å². The van der Waals surface area contributed by atoms with Crippen molar-refractivity contribution >= 4 is 11.6 Å². The molecule has 3 rings (SSSR count). The van der Waals surface area contributed by atoms with E-state index in [0.717, 1.165) is 44.6 Å². The van der Waals surface area contributed by atoms with Gasteiger partial charge in [-0.1, -0.05) is 0 Å². The van der Waals surface area contributed by atoms with Crippen molar-refractivity contribution in [3.63, 3.8) is 0 Å². The molecule has 1 aromatic carbocycles. The number of hydrogen-bond acceptors (Lipinski definition) is 4. The predicted octanol–water partition coefficient (Wildman–Crippen LogP) is 2.12. The van der Waals surface area contributed by atoms with E-state index >= 15 is 0 Å². The molecular formula is C16H21N3O3. The molecule has 0 bridgehead atoms. The maximum Gasteiger partial charge on any atom is 0.270 e. The molecule has 2 saturated heterocycles. The van der Waals surface area contributed by atoms with E-state index in [1.165, 1.54) is 18.6 Å². The summed E-state index contributed by atoms with van der Waals surface area (Å²) in [5.74, 6) is -0.0902. The van der Waals surface area contributed by atoms with Crippen molar-refractivity contribution in [3.8, 4) is 0 Å². The third-order valence-corrected chi connectivity index (χ3v) is 4.96. The van der Waals surface area contributed by atoms with E-state index < -0.39 is 4.92 Å². The number of nitro benzene ring substituents is 1. The number of aryl methyl sites for hydroxylation is 1. The molecular weight excluding hydrogens is 282 g/mol. The number of non-ortho nitro benzene ring substituents is 1. The van der Waals surface area contributed by atoms with Crippen molar-refractivity contribution in [2.45, 2.75) is 26.2 Å². The van der Waals surface area contributed by atoms with Crippen LogP contribution in [0.3, 0.4) is 0 Å². The lowest BCUT2D eigenvalue weighted by Crippen LogP contribution is -2.44. The monoisotopic (exact) mass is 303 g/mol. The van der Waals surface area contributed by atoms with E-state index in [1.54, 1.807) is 13.0 Å². The fraction of sp³-hybridized carbons (Fsp3) is 0.562. The minimum Gasteiger partial charge on any atom is -0.339 e. The van der Waals surface area contributed by atoms with Gasteiger partial charge in [-0.05, 0) is 49.8 Å². The summed E-state index contributed by atoms with van der Waals surface area (Å²) in [6, 6.07) is 4.61. The highest BCUT2D eigenvalue weighted by molar-refractivity contribution is 5.95. The number of amides is 1. The Morgan fingerprint density at radius 3 is 2.59 bits per heavy atom. The van der Waals surface area contributed by atoms with Crippen molar-refractivity contribution in [1.29, 1.82) is 0 Å². The predicted molar refractivity (Wildman–Crippen MR) is 82.9 cm³/mol. The largest absolute Gasteiger partial charge is 0.339 e. The molecule has 6 heteroatoms. The molecule has 118 valence electrons. The molecule has 6 nitrogen and oxygen atoms in total. The van der Waals surface area contributed by atoms with Crippen LogP contribution in [0.2, 0.25) is 0 Å². The van der Waals surface area contributed by atoms with Crippen LogP contribution in [0.5, 0.6) is 0 Å². The molecule has 1 amide bonds. The molecule has 0 saturated carbocycles. The van der Waals surface area contributed by atoms with Gasteiger partial charge in [0.15, 0.2) is 0 Å². The molecule has 1 aromatic rings. The van der Waals surface area contributed by atoms with Gasteiger partial charge < -0.3 is 10.2 Å². The normalized spacial score (nSPS) is 20.3.